The zero-order chi connectivity index (χ0) is 23.6. The van der Waals surface area contributed by atoms with E-state index in [1.165, 1.54) is 30.3 Å². The highest BCUT2D eigenvalue weighted by Gasteiger charge is 2.49. The molecular weight excluding hydrogens is 440 g/mol. The number of benzene rings is 1. The quantitative estimate of drug-likeness (QED) is 0.665. The maximum absolute atomic E-state index is 13.1. The predicted octanol–water partition coefficient (Wildman–Crippen LogP) is 4.36. The number of amides is 2. The Morgan fingerprint density at radius 1 is 1.06 bits per heavy atom. The third-order valence-corrected chi connectivity index (χ3v) is 6.01. The van der Waals surface area contributed by atoms with Gasteiger partial charge in [-0.1, -0.05) is 12.5 Å². The molecule has 1 atom stereocenters. The molecular formula is C23H20F4N4O2. The summed E-state index contributed by atoms with van der Waals surface area (Å²) in [5, 5.41) is 5.33. The van der Waals surface area contributed by atoms with Gasteiger partial charge in [-0.15, -0.1) is 0 Å². The molecule has 0 bridgehead atoms. The minimum absolute atomic E-state index is 0.172. The van der Waals surface area contributed by atoms with Crippen LogP contribution < -0.4 is 10.6 Å². The number of pyridine rings is 1. The predicted molar refractivity (Wildman–Crippen MR) is 113 cm³/mol. The van der Waals surface area contributed by atoms with Crippen LogP contribution in [0.5, 0.6) is 0 Å². The molecule has 1 aliphatic carbocycles. The van der Waals surface area contributed by atoms with Gasteiger partial charge in [-0.25, -0.2) is 4.39 Å². The average molecular weight is 460 g/mol. The summed E-state index contributed by atoms with van der Waals surface area (Å²) in [7, 11) is 0. The van der Waals surface area contributed by atoms with Gasteiger partial charge < -0.3 is 10.6 Å². The SMILES string of the molecule is O=C(NC1=NCC(C2(C(=O)Nc3ccc(F)cc3)CCC2)C=C1)c1ccnc(C(F)(F)F)c1. The van der Waals surface area contributed by atoms with Crippen molar-refractivity contribution >= 4 is 23.3 Å². The maximum Gasteiger partial charge on any atom is 0.433 e. The number of carbonyl (C=O) groups excluding carboxylic acids is 2. The molecule has 6 nitrogen and oxygen atoms in total. The summed E-state index contributed by atoms with van der Waals surface area (Å²) in [5.41, 5.74) is -1.50. The molecule has 172 valence electrons. The first-order valence-electron chi connectivity index (χ1n) is 10.3. The Balaban J connectivity index is 1.40. The largest absolute Gasteiger partial charge is 0.433 e. The van der Waals surface area contributed by atoms with Crippen LogP contribution in [-0.2, 0) is 11.0 Å². The van der Waals surface area contributed by atoms with E-state index in [4.69, 9.17) is 0 Å². The highest BCUT2D eigenvalue weighted by atomic mass is 19.4. The standard InChI is InChI=1S/C23H20F4N4O2/c24-16-3-5-17(6-4-16)30-21(33)22(9-1-10-22)15-2-7-19(29-13-15)31-20(32)14-8-11-28-18(12-14)23(25,26)27/h2-8,11-12,15H,1,9-10,13H2,(H,30,33)(H,29,31,32). The van der Waals surface area contributed by atoms with Gasteiger partial charge in [0.2, 0.25) is 5.91 Å². The lowest BCUT2D eigenvalue weighted by atomic mass is 9.60. The van der Waals surface area contributed by atoms with Crippen LogP contribution in [-0.4, -0.2) is 29.2 Å². The Hall–Kier alpha value is -3.56. The summed E-state index contributed by atoms with van der Waals surface area (Å²) in [4.78, 5) is 32.9. The number of rotatable bonds is 4. The monoisotopic (exact) mass is 460 g/mol. The van der Waals surface area contributed by atoms with Gasteiger partial charge in [0.1, 0.15) is 17.3 Å². The molecule has 1 aliphatic heterocycles. The minimum Gasteiger partial charge on any atom is -0.326 e. The number of anilines is 1. The van der Waals surface area contributed by atoms with E-state index < -0.39 is 29.0 Å². The molecule has 2 aromatic rings. The lowest BCUT2D eigenvalue weighted by Gasteiger charge is -2.45. The molecule has 2 aliphatic rings. The highest BCUT2D eigenvalue weighted by Crippen LogP contribution is 2.49. The topological polar surface area (TPSA) is 83.5 Å². The van der Waals surface area contributed by atoms with Crippen LogP contribution in [0.3, 0.4) is 0 Å². The van der Waals surface area contributed by atoms with E-state index in [2.05, 4.69) is 20.6 Å². The zero-order valence-electron chi connectivity index (χ0n) is 17.3. The fraction of sp³-hybridized carbons (Fsp3) is 0.304. The number of aromatic nitrogens is 1. The van der Waals surface area contributed by atoms with Crippen molar-refractivity contribution in [2.75, 3.05) is 11.9 Å². The van der Waals surface area contributed by atoms with Gasteiger partial charge in [-0.2, -0.15) is 13.2 Å². The number of alkyl halides is 3. The van der Waals surface area contributed by atoms with E-state index in [0.29, 0.717) is 24.6 Å². The Bertz CT molecular complexity index is 1120. The number of hydrogen-bond donors (Lipinski definition) is 2. The molecule has 1 fully saturated rings. The average Bonchev–Trinajstić information content (AvgIpc) is 2.75. The van der Waals surface area contributed by atoms with Crippen LogP contribution in [0.4, 0.5) is 23.2 Å². The highest BCUT2D eigenvalue weighted by molar-refractivity contribution is 6.10. The molecule has 1 saturated carbocycles. The summed E-state index contributed by atoms with van der Waals surface area (Å²) < 4.78 is 51.6. The lowest BCUT2D eigenvalue weighted by Crippen LogP contribution is -2.49. The van der Waals surface area contributed by atoms with Gasteiger partial charge in [0.05, 0.1) is 5.41 Å². The zero-order valence-corrected chi connectivity index (χ0v) is 17.3. The Kier molecular flexibility index (Phi) is 6.01. The van der Waals surface area contributed by atoms with E-state index in [9.17, 15) is 27.2 Å². The molecule has 10 heteroatoms. The summed E-state index contributed by atoms with van der Waals surface area (Å²) >= 11 is 0. The van der Waals surface area contributed by atoms with Crippen LogP contribution in [0, 0.1) is 17.2 Å². The molecule has 0 radical (unpaired) electrons. The number of dihydropyridines is 1. The Morgan fingerprint density at radius 2 is 1.79 bits per heavy atom. The number of carbonyl (C=O) groups is 2. The molecule has 0 saturated heterocycles. The lowest BCUT2D eigenvalue weighted by molar-refractivity contribution is -0.141. The number of halogens is 4. The Labute approximate surface area is 186 Å². The van der Waals surface area contributed by atoms with Crippen LogP contribution in [0.1, 0.15) is 35.3 Å². The molecule has 2 amide bonds. The van der Waals surface area contributed by atoms with Gasteiger partial charge in [0, 0.05) is 29.9 Å². The Morgan fingerprint density at radius 3 is 2.36 bits per heavy atom. The van der Waals surface area contributed by atoms with Crippen LogP contribution in [0.2, 0.25) is 0 Å². The normalized spacial score (nSPS) is 19.3. The van der Waals surface area contributed by atoms with E-state index in [1.807, 2.05) is 0 Å². The first-order chi connectivity index (χ1) is 15.7. The smallest absolute Gasteiger partial charge is 0.326 e. The van der Waals surface area contributed by atoms with Crippen LogP contribution in [0.15, 0.2) is 59.7 Å². The summed E-state index contributed by atoms with van der Waals surface area (Å²) in [6.07, 6.45) is 1.84. The molecule has 1 aromatic carbocycles. The fourth-order valence-electron chi connectivity index (χ4n) is 3.99. The van der Waals surface area contributed by atoms with Crippen molar-refractivity contribution in [1.82, 2.24) is 10.3 Å². The van der Waals surface area contributed by atoms with Crippen molar-refractivity contribution in [3.8, 4) is 0 Å². The second-order valence-corrected chi connectivity index (χ2v) is 8.04. The minimum atomic E-state index is -4.66. The van der Waals surface area contributed by atoms with Crippen molar-refractivity contribution in [3.05, 3.63) is 71.8 Å². The van der Waals surface area contributed by atoms with Crippen molar-refractivity contribution in [1.29, 1.82) is 0 Å². The first kappa shape index (κ1) is 22.6. The molecule has 0 spiro atoms. The van der Waals surface area contributed by atoms with E-state index in [-0.39, 0.29) is 29.8 Å². The van der Waals surface area contributed by atoms with Gasteiger partial charge in [0.15, 0.2) is 0 Å². The number of hydrogen-bond acceptors (Lipinski definition) is 4. The van der Waals surface area contributed by atoms with Gasteiger partial charge in [-0.05, 0) is 55.3 Å². The number of nitrogens with zero attached hydrogens (tertiary/aromatic N) is 2. The molecule has 1 unspecified atom stereocenters. The molecule has 4 rings (SSSR count). The third kappa shape index (κ3) is 4.79. The van der Waals surface area contributed by atoms with Gasteiger partial charge in [0.25, 0.3) is 5.91 Å². The summed E-state index contributed by atoms with van der Waals surface area (Å²) in [6, 6.07) is 7.38. The van der Waals surface area contributed by atoms with E-state index in [0.717, 1.165) is 12.6 Å². The first-order valence-corrected chi connectivity index (χ1v) is 10.3. The number of amidine groups is 1. The molecule has 2 heterocycles. The number of nitrogens with one attached hydrogen (secondary N) is 2. The van der Waals surface area contributed by atoms with Crippen LogP contribution in [0.25, 0.3) is 0 Å². The van der Waals surface area contributed by atoms with E-state index >= 15 is 0 Å². The van der Waals surface area contributed by atoms with Gasteiger partial charge >= 0.3 is 6.18 Å². The fourth-order valence-corrected chi connectivity index (χ4v) is 3.99. The molecule has 2 N–H and O–H groups in total. The van der Waals surface area contributed by atoms with Gasteiger partial charge in [-0.3, -0.25) is 19.6 Å². The molecule has 33 heavy (non-hydrogen) atoms. The third-order valence-electron chi connectivity index (χ3n) is 6.01. The molecule has 1 aromatic heterocycles. The van der Waals surface area contributed by atoms with E-state index in [1.54, 1.807) is 12.2 Å². The summed E-state index contributed by atoms with van der Waals surface area (Å²) in [5.74, 6) is -1.31. The second-order valence-electron chi connectivity index (χ2n) is 8.04. The van der Waals surface area contributed by atoms with Crippen molar-refractivity contribution in [3.63, 3.8) is 0 Å². The van der Waals surface area contributed by atoms with Crippen molar-refractivity contribution in [2.45, 2.75) is 25.4 Å². The maximum atomic E-state index is 13.1. The summed E-state index contributed by atoms with van der Waals surface area (Å²) in [6.45, 7) is 0.243. The number of aliphatic imine (C=N–C) groups is 1. The van der Waals surface area contributed by atoms with Crippen LogP contribution >= 0.6 is 0 Å². The van der Waals surface area contributed by atoms with Crippen molar-refractivity contribution in [2.24, 2.45) is 16.3 Å². The van der Waals surface area contributed by atoms with Crippen molar-refractivity contribution < 1.29 is 27.2 Å². The second kappa shape index (κ2) is 8.76.